The number of guanidine groups is 1. The largest absolute Gasteiger partial charge is 0.352 e. The number of hydrogen-bond acceptors (Lipinski definition) is 3. The molecule has 0 saturated carbocycles. The van der Waals surface area contributed by atoms with Crippen molar-refractivity contribution >= 4 is 27.6 Å². The summed E-state index contributed by atoms with van der Waals surface area (Å²) in [5.41, 5.74) is 1.74. The summed E-state index contributed by atoms with van der Waals surface area (Å²) in [6, 6.07) is 14.0. The highest BCUT2D eigenvalue weighted by Crippen LogP contribution is 2.14. The predicted octanol–water partition coefficient (Wildman–Crippen LogP) is 1.85. The molecule has 128 valence electrons. The van der Waals surface area contributed by atoms with Crippen molar-refractivity contribution in [1.82, 2.24) is 10.6 Å². The van der Waals surface area contributed by atoms with E-state index in [1.165, 1.54) is 12.1 Å². The second kappa shape index (κ2) is 8.14. The van der Waals surface area contributed by atoms with Crippen LogP contribution < -0.4 is 15.8 Å². The summed E-state index contributed by atoms with van der Waals surface area (Å²) in [6.07, 6.45) is 0. The molecule has 0 aliphatic heterocycles. The molecule has 2 rings (SSSR count). The molecule has 0 radical (unpaired) electrons. The van der Waals surface area contributed by atoms with E-state index in [9.17, 15) is 8.42 Å². The Kier molecular flexibility index (Phi) is 6.19. The zero-order valence-electron chi connectivity index (χ0n) is 13.2. The Morgan fingerprint density at radius 1 is 1.12 bits per heavy atom. The summed E-state index contributed by atoms with van der Waals surface area (Å²) in [5.74, 6) is 0.580. The molecule has 0 heterocycles. The number of aliphatic imine (C=N–C) groups is 1. The molecule has 0 unspecified atom stereocenters. The number of halogens is 1. The third-order valence-corrected chi connectivity index (χ3v) is 4.59. The molecule has 2 aromatic carbocycles. The van der Waals surface area contributed by atoms with Crippen molar-refractivity contribution in [2.75, 3.05) is 7.05 Å². The Balaban J connectivity index is 1.96. The number of nitrogens with two attached hydrogens (primary N) is 1. The van der Waals surface area contributed by atoms with Crippen LogP contribution in [0.1, 0.15) is 11.1 Å². The molecule has 8 heteroatoms. The normalized spacial score (nSPS) is 12.0. The van der Waals surface area contributed by atoms with Crippen molar-refractivity contribution in [1.29, 1.82) is 0 Å². The number of sulfonamides is 1. The Morgan fingerprint density at radius 2 is 1.83 bits per heavy atom. The van der Waals surface area contributed by atoms with Crippen LogP contribution >= 0.6 is 11.6 Å². The highest BCUT2D eigenvalue weighted by Gasteiger charge is 2.08. The average Bonchev–Trinajstić information content (AvgIpc) is 2.56. The average molecular weight is 367 g/mol. The quantitative estimate of drug-likeness (QED) is 0.555. The molecular formula is C16H19ClN4O2S. The monoisotopic (exact) mass is 366 g/mol. The SMILES string of the molecule is CN=C(NCc1cccc(S(N)(=O)=O)c1)NCc1ccccc1Cl. The summed E-state index contributed by atoms with van der Waals surface area (Å²) in [6.45, 7) is 0.933. The minimum atomic E-state index is -3.71. The first-order valence-electron chi connectivity index (χ1n) is 7.20. The highest BCUT2D eigenvalue weighted by molar-refractivity contribution is 7.89. The van der Waals surface area contributed by atoms with Crippen molar-refractivity contribution in [3.63, 3.8) is 0 Å². The fourth-order valence-corrected chi connectivity index (χ4v) is 2.85. The van der Waals surface area contributed by atoms with Crippen molar-refractivity contribution in [3.8, 4) is 0 Å². The number of benzene rings is 2. The van der Waals surface area contributed by atoms with Crippen molar-refractivity contribution in [3.05, 3.63) is 64.7 Å². The van der Waals surface area contributed by atoms with E-state index in [-0.39, 0.29) is 4.90 Å². The van der Waals surface area contributed by atoms with Gasteiger partial charge in [-0.25, -0.2) is 13.6 Å². The van der Waals surface area contributed by atoms with Gasteiger partial charge in [0.1, 0.15) is 0 Å². The third-order valence-electron chi connectivity index (χ3n) is 3.31. The lowest BCUT2D eigenvalue weighted by Gasteiger charge is -2.13. The third kappa shape index (κ3) is 5.23. The lowest BCUT2D eigenvalue weighted by atomic mass is 10.2. The summed E-state index contributed by atoms with van der Waals surface area (Å²) in [5, 5.41) is 12.1. The predicted molar refractivity (Wildman–Crippen MR) is 96.3 cm³/mol. The molecule has 6 nitrogen and oxygen atoms in total. The fourth-order valence-electron chi connectivity index (χ4n) is 2.06. The van der Waals surface area contributed by atoms with Crippen molar-refractivity contribution in [2.24, 2.45) is 10.1 Å². The van der Waals surface area contributed by atoms with Crippen LogP contribution in [0.4, 0.5) is 0 Å². The molecule has 0 bridgehead atoms. The van der Waals surface area contributed by atoms with Crippen LogP contribution in [-0.4, -0.2) is 21.4 Å². The topological polar surface area (TPSA) is 96.6 Å². The maximum atomic E-state index is 11.4. The molecule has 0 fully saturated rings. The van der Waals surface area contributed by atoms with Gasteiger partial charge in [0.25, 0.3) is 0 Å². The highest BCUT2D eigenvalue weighted by atomic mass is 35.5. The zero-order chi connectivity index (χ0) is 17.6. The number of nitrogens with one attached hydrogen (secondary N) is 2. The minimum Gasteiger partial charge on any atom is -0.352 e. The van der Waals surface area contributed by atoms with Crippen LogP contribution in [-0.2, 0) is 23.1 Å². The molecule has 4 N–H and O–H groups in total. The van der Waals surface area contributed by atoms with E-state index in [2.05, 4.69) is 15.6 Å². The lowest BCUT2D eigenvalue weighted by Crippen LogP contribution is -2.36. The van der Waals surface area contributed by atoms with Gasteiger partial charge in [0.15, 0.2) is 5.96 Å². The lowest BCUT2D eigenvalue weighted by molar-refractivity contribution is 0.597. The maximum absolute atomic E-state index is 11.4. The standard InChI is InChI=1S/C16H19ClN4O2S/c1-19-16(21-11-13-6-2-3-8-15(13)17)20-10-12-5-4-7-14(9-12)24(18,22)23/h2-9H,10-11H2,1H3,(H2,18,22,23)(H2,19,20,21). The van der Waals surface area contributed by atoms with Gasteiger partial charge in [-0.1, -0.05) is 41.9 Å². The molecule has 0 aliphatic carbocycles. The van der Waals surface area contributed by atoms with E-state index in [4.69, 9.17) is 16.7 Å². The summed E-state index contributed by atoms with van der Waals surface area (Å²) in [7, 11) is -2.05. The first kappa shape index (κ1) is 18.3. The van der Waals surface area contributed by atoms with Gasteiger partial charge in [0.2, 0.25) is 10.0 Å². The summed E-state index contributed by atoms with van der Waals surface area (Å²) >= 11 is 6.11. The van der Waals surface area contributed by atoms with Gasteiger partial charge in [-0.3, -0.25) is 4.99 Å². The first-order chi connectivity index (χ1) is 11.4. The van der Waals surface area contributed by atoms with E-state index < -0.39 is 10.0 Å². The molecule has 24 heavy (non-hydrogen) atoms. The van der Waals surface area contributed by atoms with Crippen molar-refractivity contribution < 1.29 is 8.42 Å². The molecule has 0 spiro atoms. The maximum Gasteiger partial charge on any atom is 0.238 e. The van der Waals surface area contributed by atoms with Crippen LogP contribution in [0.2, 0.25) is 5.02 Å². The van der Waals surface area contributed by atoms with Gasteiger partial charge in [-0.2, -0.15) is 0 Å². The van der Waals surface area contributed by atoms with E-state index in [1.807, 2.05) is 30.3 Å². The van der Waals surface area contributed by atoms with Crippen LogP contribution in [0.3, 0.4) is 0 Å². The van der Waals surface area contributed by atoms with Gasteiger partial charge in [-0.15, -0.1) is 0 Å². The van der Waals surface area contributed by atoms with Gasteiger partial charge in [-0.05, 0) is 29.3 Å². The molecular weight excluding hydrogens is 348 g/mol. The fraction of sp³-hybridized carbons (Fsp3) is 0.188. The van der Waals surface area contributed by atoms with Crippen LogP contribution in [0.15, 0.2) is 58.4 Å². The Hall–Kier alpha value is -2.09. The summed E-state index contributed by atoms with van der Waals surface area (Å²) in [4.78, 5) is 4.21. The van der Waals surface area contributed by atoms with E-state index in [1.54, 1.807) is 13.1 Å². The Bertz CT molecular complexity index is 837. The molecule has 0 amide bonds. The minimum absolute atomic E-state index is 0.0841. The first-order valence-corrected chi connectivity index (χ1v) is 9.12. The van der Waals surface area contributed by atoms with E-state index in [0.29, 0.717) is 24.1 Å². The number of rotatable bonds is 5. The molecule has 2 aromatic rings. The van der Waals surface area contributed by atoms with Crippen LogP contribution in [0.5, 0.6) is 0 Å². The molecule has 0 aliphatic rings. The Morgan fingerprint density at radius 3 is 2.50 bits per heavy atom. The Labute approximate surface area is 146 Å². The van der Waals surface area contributed by atoms with Crippen LogP contribution in [0.25, 0.3) is 0 Å². The van der Waals surface area contributed by atoms with Gasteiger partial charge < -0.3 is 10.6 Å². The van der Waals surface area contributed by atoms with Crippen molar-refractivity contribution in [2.45, 2.75) is 18.0 Å². The summed E-state index contributed by atoms with van der Waals surface area (Å²) < 4.78 is 22.8. The number of nitrogens with zero attached hydrogens (tertiary/aromatic N) is 1. The van der Waals surface area contributed by atoms with Gasteiger partial charge >= 0.3 is 0 Å². The molecule has 0 aromatic heterocycles. The zero-order valence-corrected chi connectivity index (χ0v) is 14.7. The van der Waals surface area contributed by atoms with Gasteiger partial charge in [0.05, 0.1) is 4.90 Å². The second-order valence-electron chi connectivity index (χ2n) is 5.06. The molecule has 0 saturated heterocycles. The smallest absolute Gasteiger partial charge is 0.238 e. The molecule has 0 atom stereocenters. The van der Waals surface area contributed by atoms with Crippen LogP contribution in [0, 0.1) is 0 Å². The van der Waals surface area contributed by atoms with E-state index >= 15 is 0 Å². The number of hydrogen-bond donors (Lipinski definition) is 3. The van der Waals surface area contributed by atoms with Gasteiger partial charge in [0, 0.05) is 25.2 Å². The second-order valence-corrected chi connectivity index (χ2v) is 7.03. The van der Waals surface area contributed by atoms with E-state index in [0.717, 1.165) is 11.1 Å². The number of primary sulfonamides is 1.